The smallest absolute Gasteiger partial charge is 0.422 e. The number of imidazole rings is 1. The lowest BCUT2D eigenvalue weighted by Crippen LogP contribution is -2.29. The van der Waals surface area contributed by atoms with Gasteiger partial charge >= 0.3 is 11.8 Å². The topological polar surface area (TPSA) is 77.0 Å². The number of aromatic nitrogens is 2. The van der Waals surface area contributed by atoms with Crippen LogP contribution in [0, 0.1) is 18.3 Å². The van der Waals surface area contributed by atoms with E-state index in [1.807, 2.05) is 61.5 Å². The molecule has 0 unspecified atom stereocenters. The summed E-state index contributed by atoms with van der Waals surface area (Å²) in [6.07, 6.45) is -0.0447. The van der Waals surface area contributed by atoms with E-state index < -0.39 is 11.8 Å². The van der Waals surface area contributed by atoms with Crippen LogP contribution in [0.2, 0.25) is 0 Å². The van der Waals surface area contributed by atoms with E-state index in [1.54, 1.807) is 16.7 Å². The molecule has 0 aliphatic carbocycles. The van der Waals surface area contributed by atoms with Crippen molar-refractivity contribution in [3.63, 3.8) is 0 Å². The molecule has 154 valence electrons. The molecule has 6 heteroatoms. The molecule has 0 spiro atoms. The molecule has 0 saturated carbocycles. The highest BCUT2D eigenvalue weighted by Crippen LogP contribution is 2.22. The lowest BCUT2D eigenvalue weighted by molar-refractivity contribution is 0.172. The number of carbonyl (C=O) groups is 1. The molecule has 31 heavy (non-hydrogen) atoms. The summed E-state index contributed by atoms with van der Waals surface area (Å²) in [7, 11) is 1.27. The summed E-state index contributed by atoms with van der Waals surface area (Å²) in [6, 6.07) is 23.3. The van der Waals surface area contributed by atoms with E-state index in [0.717, 1.165) is 26.8 Å². The lowest BCUT2D eigenvalue weighted by Gasteiger charge is -2.06. The average Bonchev–Trinajstić information content (AvgIpc) is 3.10. The Kier molecular flexibility index (Phi) is 5.42. The Bertz CT molecular complexity index is 1350. The van der Waals surface area contributed by atoms with Crippen molar-refractivity contribution in [2.24, 2.45) is 0 Å². The zero-order chi connectivity index (χ0) is 22.0. The number of methoxy groups -OCH3 is 1. The van der Waals surface area contributed by atoms with Gasteiger partial charge in [0.25, 0.3) is 0 Å². The van der Waals surface area contributed by atoms with Crippen LogP contribution in [0.15, 0.2) is 71.5 Å². The lowest BCUT2D eigenvalue weighted by atomic mass is 10.0. The minimum absolute atomic E-state index is 0.398. The second-order valence-corrected chi connectivity index (χ2v) is 7.32. The second-order valence-electron chi connectivity index (χ2n) is 7.32. The Hall–Kier alpha value is -4.11. The molecule has 0 bridgehead atoms. The van der Waals surface area contributed by atoms with Crippen molar-refractivity contribution in [1.82, 2.24) is 9.13 Å². The molecule has 0 atom stereocenters. The number of nitriles is 1. The van der Waals surface area contributed by atoms with E-state index in [1.165, 1.54) is 7.11 Å². The van der Waals surface area contributed by atoms with Crippen LogP contribution in [-0.2, 0) is 17.7 Å². The third-order valence-electron chi connectivity index (χ3n) is 5.44. The van der Waals surface area contributed by atoms with Crippen molar-refractivity contribution in [3.05, 3.63) is 93.9 Å². The molecule has 6 nitrogen and oxygen atoms in total. The molecule has 1 heterocycles. The van der Waals surface area contributed by atoms with Gasteiger partial charge in [0.05, 0.1) is 29.8 Å². The monoisotopic (exact) mass is 411 g/mol. The number of carbonyl (C=O) groups excluding carboxylic acids is 1. The normalized spacial score (nSPS) is 10.7. The number of hydrogen-bond donors (Lipinski definition) is 0. The summed E-state index contributed by atoms with van der Waals surface area (Å²) >= 11 is 0. The van der Waals surface area contributed by atoms with Crippen molar-refractivity contribution in [1.29, 1.82) is 5.26 Å². The van der Waals surface area contributed by atoms with Gasteiger partial charge in [-0.05, 0) is 53.8 Å². The molecule has 3 aromatic carbocycles. The van der Waals surface area contributed by atoms with Crippen LogP contribution in [0.3, 0.4) is 0 Å². The molecule has 0 N–H and O–H groups in total. The highest BCUT2D eigenvalue weighted by Gasteiger charge is 2.20. The molecule has 0 aliphatic rings. The van der Waals surface area contributed by atoms with Crippen molar-refractivity contribution in [2.75, 3.05) is 7.11 Å². The molecule has 0 amide bonds. The minimum Gasteiger partial charge on any atom is -0.452 e. The Labute approximate surface area is 179 Å². The van der Waals surface area contributed by atoms with Crippen molar-refractivity contribution < 1.29 is 9.53 Å². The summed E-state index contributed by atoms with van der Waals surface area (Å²) in [4.78, 5) is 25.2. The summed E-state index contributed by atoms with van der Waals surface area (Å²) in [6.45, 7) is 2.31. The van der Waals surface area contributed by atoms with E-state index in [2.05, 4.69) is 6.07 Å². The van der Waals surface area contributed by atoms with Crippen LogP contribution in [0.1, 0.15) is 16.7 Å². The number of benzene rings is 3. The van der Waals surface area contributed by atoms with Gasteiger partial charge in [0, 0.05) is 6.54 Å². The summed E-state index contributed by atoms with van der Waals surface area (Å²) in [5, 5.41) is 8.93. The molecule has 0 aliphatic heterocycles. The maximum absolute atomic E-state index is 13.0. The fraction of sp³-hybridized carbons (Fsp3) is 0.160. The van der Waals surface area contributed by atoms with Crippen LogP contribution in [0.4, 0.5) is 4.79 Å². The SMILES string of the molecule is COC(=O)n1c(=O)n(CCc2ccc(-c3ccc(C#N)cc3)cc2)c2cccc(C)c21. The van der Waals surface area contributed by atoms with Gasteiger partial charge < -0.3 is 4.74 Å². The van der Waals surface area contributed by atoms with Gasteiger partial charge in [0.2, 0.25) is 0 Å². The fourth-order valence-electron chi connectivity index (χ4n) is 3.79. The predicted molar refractivity (Wildman–Crippen MR) is 119 cm³/mol. The van der Waals surface area contributed by atoms with Crippen LogP contribution in [-0.4, -0.2) is 22.3 Å². The number of fused-ring (bicyclic) bond motifs is 1. The highest BCUT2D eigenvalue weighted by atomic mass is 16.5. The molecule has 0 saturated heterocycles. The first-order valence-corrected chi connectivity index (χ1v) is 9.92. The van der Waals surface area contributed by atoms with Gasteiger partial charge in [-0.1, -0.05) is 48.5 Å². The first-order chi connectivity index (χ1) is 15.0. The first-order valence-electron chi connectivity index (χ1n) is 9.92. The van der Waals surface area contributed by atoms with Crippen LogP contribution < -0.4 is 5.69 Å². The predicted octanol–water partition coefficient (Wildman–Crippen LogP) is 4.51. The summed E-state index contributed by atoms with van der Waals surface area (Å²) in [5.74, 6) is 0. The van der Waals surface area contributed by atoms with Gasteiger partial charge in [-0.25, -0.2) is 9.59 Å². The largest absolute Gasteiger partial charge is 0.452 e. The Balaban J connectivity index is 1.60. The van der Waals surface area contributed by atoms with E-state index >= 15 is 0 Å². The molecule has 0 fully saturated rings. The first kappa shape index (κ1) is 20.2. The Morgan fingerprint density at radius 1 is 1.00 bits per heavy atom. The standard InChI is InChI=1S/C25H21N3O3/c1-17-4-3-5-22-23(17)28(25(30)31-2)24(29)27(22)15-14-18-6-10-20(11-7-18)21-12-8-19(16-26)9-13-21/h3-13H,14-15H2,1-2H3. The number of para-hydroxylation sites is 1. The molecule has 0 radical (unpaired) electrons. The average molecular weight is 411 g/mol. The number of nitrogens with zero attached hydrogens (tertiary/aromatic N) is 3. The highest BCUT2D eigenvalue weighted by molar-refractivity contribution is 5.89. The van der Waals surface area contributed by atoms with E-state index in [-0.39, 0.29) is 0 Å². The van der Waals surface area contributed by atoms with Gasteiger partial charge in [0.15, 0.2) is 0 Å². The quantitative estimate of drug-likeness (QED) is 0.495. The number of ether oxygens (including phenoxy) is 1. The second kappa shape index (κ2) is 8.33. The number of hydrogen-bond acceptors (Lipinski definition) is 4. The van der Waals surface area contributed by atoms with E-state index in [0.29, 0.717) is 29.6 Å². The zero-order valence-corrected chi connectivity index (χ0v) is 17.3. The van der Waals surface area contributed by atoms with Gasteiger partial charge in [-0.15, -0.1) is 0 Å². The number of aryl methyl sites for hydroxylation is 3. The Morgan fingerprint density at radius 2 is 1.65 bits per heavy atom. The maximum Gasteiger partial charge on any atom is 0.422 e. The zero-order valence-electron chi connectivity index (χ0n) is 17.3. The van der Waals surface area contributed by atoms with Gasteiger partial charge in [0.1, 0.15) is 0 Å². The minimum atomic E-state index is -0.685. The molecule has 4 rings (SSSR count). The molecular weight excluding hydrogens is 390 g/mol. The van der Waals surface area contributed by atoms with Crippen LogP contribution >= 0.6 is 0 Å². The van der Waals surface area contributed by atoms with Gasteiger partial charge in [-0.2, -0.15) is 9.83 Å². The third kappa shape index (κ3) is 3.74. The van der Waals surface area contributed by atoms with Gasteiger partial charge in [-0.3, -0.25) is 4.57 Å². The Morgan fingerprint density at radius 3 is 2.26 bits per heavy atom. The molecule has 4 aromatic rings. The molecule has 1 aromatic heterocycles. The van der Waals surface area contributed by atoms with Crippen LogP contribution in [0.25, 0.3) is 22.2 Å². The summed E-state index contributed by atoms with van der Waals surface area (Å²) in [5.41, 5.74) is 5.54. The summed E-state index contributed by atoms with van der Waals surface area (Å²) < 4.78 is 7.53. The van der Waals surface area contributed by atoms with E-state index in [9.17, 15) is 9.59 Å². The third-order valence-corrected chi connectivity index (χ3v) is 5.44. The van der Waals surface area contributed by atoms with Crippen molar-refractivity contribution >= 4 is 17.1 Å². The van der Waals surface area contributed by atoms with E-state index in [4.69, 9.17) is 10.00 Å². The fourth-order valence-corrected chi connectivity index (χ4v) is 3.79. The van der Waals surface area contributed by atoms with Crippen molar-refractivity contribution in [2.45, 2.75) is 19.9 Å². The van der Waals surface area contributed by atoms with Crippen molar-refractivity contribution in [3.8, 4) is 17.2 Å². The number of rotatable bonds is 4. The molecular formula is C25H21N3O3. The maximum atomic E-state index is 13.0. The van der Waals surface area contributed by atoms with Crippen LogP contribution in [0.5, 0.6) is 0 Å².